The molecule has 0 atom stereocenters. The van der Waals surface area contributed by atoms with Gasteiger partial charge in [0.05, 0.1) is 11.8 Å². The molecule has 0 saturated heterocycles. The monoisotopic (exact) mass is 234 g/mol. The number of furan rings is 1. The Hall–Kier alpha value is -1.55. The van der Waals surface area contributed by atoms with Crippen LogP contribution in [0.15, 0.2) is 28.4 Å². The molecule has 2 N–H and O–H groups in total. The number of hydrogen-bond donors (Lipinski definition) is 2. The Balaban J connectivity index is 1.91. The molecule has 0 aliphatic carbocycles. The number of carbonyl (C=O) groups excluding carboxylic acids is 1. The second kappa shape index (κ2) is 5.68. The van der Waals surface area contributed by atoms with E-state index in [9.17, 15) is 4.79 Å². The zero-order valence-electron chi connectivity index (χ0n) is 10.1. The summed E-state index contributed by atoms with van der Waals surface area (Å²) in [7, 11) is 0. The second-order valence-electron chi connectivity index (χ2n) is 4.11. The van der Waals surface area contributed by atoms with E-state index in [4.69, 9.17) is 4.42 Å². The number of nitrogens with one attached hydrogen (secondary N) is 2. The van der Waals surface area contributed by atoms with Crippen LogP contribution in [0.1, 0.15) is 29.5 Å². The van der Waals surface area contributed by atoms with Gasteiger partial charge in [0.1, 0.15) is 5.76 Å². The van der Waals surface area contributed by atoms with Crippen molar-refractivity contribution in [1.29, 1.82) is 0 Å². The van der Waals surface area contributed by atoms with Gasteiger partial charge in [-0.1, -0.05) is 18.6 Å². The molecule has 1 aliphatic rings. The Bertz CT molecular complexity index is 421. The lowest BCUT2D eigenvalue weighted by atomic mass is 10.1. The van der Waals surface area contributed by atoms with Crippen LogP contribution < -0.4 is 10.6 Å². The molecule has 0 saturated carbocycles. The summed E-state index contributed by atoms with van der Waals surface area (Å²) in [6.07, 6.45) is 5.45. The van der Waals surface area contributed by atoms with Gasteiger partial charge in [0.15, 0.2) is 0 Å². The molecule has 1 amide bonds. The number of carbonyl (C=O) groups is 1. The molecular formula is C13H18N2O2. The van der Waals surface area contributed by atoms with Crippen molar-refractivity contribution in [3.63, 3.8) is 0 Å². The largest absolute Gasteiger partial charge is 0.469 e. The summed E-state index contributed by atoms with van der Waals surface area (Å²) in [6.45, 7) is 4.50. The Morgan fingerprint density at radius 2 is 2.47 bits per heavy atom. The van der Waals surface area contributed by atoms with Gasteiger partial charge in [-0.2, -0.15) is 0 Å². The summed E-state index contributed by atoms with van der Waals surface area (Å²) < 4.78 is 5.24. The highest BCUT2D eigenvalue weighted by atomic mass is 16.3. The van der Waals surface area contributed by atoms with Gasteiger partial charge >= 0.3 is 0 Å². The average molecular weight is 234 g/mol. The molecular weight excluding hydrogens is 216 g/mol. The van der Waals surface area contributed by atoms with Crippen molar-refractivity contribution in [2.24, 2.45) is 0 Å². The highest BCUT2D eigenvalue weighted by molar-refractivity contribution is 5.95. The predicted molar refractivity (Wildman–Crippen MR) is 66.0 cm³/mol. The van der Waals surface area contributed by atoms with Crippen molar-refractivity contribution in [3.05, 3.63) is 35.3 Å². The summed E-state index contributed by atoms with van der Waals surface area (Å²) in [5.74, 6) is 0.705. The molecule has 1 aromatic rings. The van der Waals surface area contributed by atoms with Gasteiger partial charge < -0.3 is 15.1 Å². The first kappa shape index (κ1) is 11.9. The zero-order chi connectivity index (χ0) is 12.1. The van der Waals surface area contributed by atoms with Crippen LogP contribution in [-0.2, 0) is 6.42 Å². The second-order valence-corrected chi connectivity index (χ2v) is 4.11. The van der Waals surface area contributed by atoms with E-state index >= 15 is 0 Å². The number of rotatable bonds is 4. The van der Waals surface area contributed by atoms with E-state index in [2.05, 4.69) is 16.7 Å². The first-order valence-corrected chi connectivity index (χ1v) is 6.04. The van der Waals surface area contributed by atoms with E-state index < -0.39 is 0 Å². The van der Waals surface area contributed by atoms with E-state index in [-0.39, 0.29) is 5.91 Å². The summed E-state index contributed by atoms with van der Waals surface area (Å²) in [6, 6.07) is 1.73. The van der Waals surface area contributed by atoms with Crippen LogP contribution >= 0.6 is 0 Å². The lowest BCUT2D eigenvalue weighted by molar-refractivity contribution is 0.0954. The van der Waals surface area contributed by atoms with E-state index in [0.717, 1.165) is 31.7 Å². The van der Waals surface area contributed by atoms with Crippen molar-refractivity contribution >= 4 is 5.91 Å². The first-order chi connectivity index (χ1) is 8.31. The predicted octanol–water partition coefficient (Wildman–Crippen LogP) is 1.49. The molecule has 0 bridgehead atoms. The normalized spacial score (nSPS) is 15.5. The summed E-state index contributed by atoms with van der Waals surface area (Å²) in [5.41, 5.74) is 1.95. The minimum absolute atomic E-state index is 0.0463. The maximum atomic E-state index is 11.9. The van der Waals surface area contributed by atoms with Crippen LogP contribution in [-0.4, -0.2) is 25.5 Å². The zero-order valence-corrected chi connectivity index (χ0v) is 10.1. The Kier molecular flexibility index (Phi) is 3.98. The topological polar surface area (TPSA) is 54.3 Å². The molecule has 1 aromatic heterocycles. The fourth-order valence-electron chi connectivity index (χ4n) is 1.94. The Morgan fingerprint density at radius 3 is 3.18 bits per heavy atom. The molecule has 17 heavy (non-hydrogen) atoms. The third kappa shape index (κ3) is 2.97. The first-order valence-electron chi connectivity index (χ1n) is 6.04. The Labute approximate surface area is 101 Å². The molecule has 4 heteroatoms. The van der Waals surface area contributed by atoms with Gasteiger partial charge in [0.2, 0.25) is 0 Å². The van der Waals surface area contributed by atoms with Gasteiger partial charge in [-0.15, -0.1) is 0 Å². The summed E-state index contributed by atoms with van der Waals surface area (Å²) >= 11 is 0. The lowest BCUT2D eigenvalue weighted by Gasteiger charge is -2.14. The quantitative estimate of drug-likeness (QED) is 0.776. The van der Waals surface area contributed by atoms with E-state index in [0.29, 0.717) is 12.1 Å². The number of aryl methyl sites for hydroxylation is 1. The lowest BCUT2D eigenvalue weighted by Crippen LogP contribution is -2.29. The van der Waals surface area contributed by atoms with Gasteiger partial charge in [-0.3, -0.25) is 4.79 Å². The highest BCUT2D eigenvalue weighted by Gasteiger charge is 2.13. The van der Waals surface area contributed by atoms with E-state index in [1.807, 2.05) is 6.92 Å². The molecule has 4 nitrogen and oxygen atoms in total. The molecule has 2 rings (SSSR count). The average Bonchev–Trinajstić information content (AvgIpc) is 2.85. The molecule has 1 aliphatic heterocycles. The molecule has 0 unspecified atom stereocenters. The smallest absolute Gasteiger partial charge is 0.255 e. The van der Waals surface area contributed by atoms with Gasteiger partial charge in [-0.25, -0.2) is 0 Å². The minimum atomic E-state index is -0.0463. The van der Waals surface area contributed by atoms with Crippen LogP contribution in [0.3, 0.4) is 0 Å². The standard InChI is InChI=1S/C13H18N2O2/c1-2-12-11(5-8-17-12)13(16)15-9-10-3-6-14-7-4-10/h3,5,8,14H,2,4,6-7,9H2,1H3,(H,15,16). The Morgan fingerprint density at radius 1 is 1.59 bits per heavy atom. The van der Waals surface area contributed by atoms with Crippen LogP contribution in [0.2, 0.25) is 0 Å². The van der Waals surface area contributed by atoms with Gasteiger partial charge in [0, 0.05) is 19.5 Å². The van der Waals surface area contributed by atoms with Crippen molar-refractivity contribution in [3.8, 4) is 0 Å². The third-order valence-corrected chi connectivity index (χ3v) is 2.95. The molecule has 0 fully saturated rings. The number of hydrogen-bond acceptors (Lipinski definition) is 3. The molecule has 0 aromatic carbocycles. The molecule has 0 spiro atoms. The van der Waals surface area contributed by atoms with Crippen LogP contribution in [0.4, 0.5) is 0 Å². The van der Waals surface area contributed by atoms with E-state index in [1.165, 1.54) is 5.57 Å². The highest BCUT2D eigenvalue weighted by Crippen LogP contribution is 2.11. The summed E-state index contributed by atoms with van der Waals surface area (Å²) in [5, 5.41) is 6.18. The van der Waals surface area contributed by atoms with Crippen LogP contribution in [0.5, 0.6) is 0 Å². The van der Waals surface area contributed by atoms with E-state index in [1.54, 1.807) is 12.3 Å². The fourth-order valence-corrected chi connectivity index (χ4v) is 1.94. The fraction of sp³-hybridized carbons (Fsp3) is 0.462. The van der Waals surface area contributed by atoms with Crippen molar-refractivity contribution in [1.82, 2.24) is 10.6 Å². The minimum Gasteiger partial charge on any atom is -0.469 e. The van der Waals surface area contributed by atoms with Crippen LogP contribution in [0.25, 0.3) is 0 Å². The van der Waals surface area contributed by atoms with Gasteiger partial charge in [0.25, 0.3) is 5.91 Å². The van der Waals surface area contributed by atoms with Crippen molar-refractivity contribution in [2.75, 3.05) is 19.6 Å². The van der Waals surface area contributed by atoms with Crippen molar-refractivity contribution in [2.45, 2.75) is 19.8 Å². The number of amides is 1. The maximum Gasteiger partial charge on any atom is 0.255 e. The van der Waals surface area contributed by atoms with Crippen LogP contribution in [0, 0.1) is 0 Å². The third-order valence-electron chi connectivity index (χ3n) is 2.95. The molecule has 92 valence electrons. The molecule has 2 heterocycles. The summed E-state index contributed by atoms with van der Waals surface area (Å²) in [4.78, 5) is 11.9. The molecule has 0 radical (unpaired) electrons. The maximum absolute atomic E-state index is 11.9. The van der Waals surface area contributed by atoms with Gasteiger partial charge in [-0.05, 0) is 19.0 Å². The SMILES string of the molecule is CCc1occc1C(=O)NCC1=CCNCC1. The van der Waals surface area contributed by atoms with Crippen molar-refractivity contribution < 1.29 is 9.21 Å².